The van der Waals surface area contributed by atoms with Crippen LogP contribution in [-0.2, 0) is 33.1 Å². The van der Waals surface area contributed by atoms with E-state index in [1.165, 1.54) is 12.1 Å². The molecule has 6 nitrogen and oxygen atoms in total. The van der Waals surface area contributed by atoms with Crippen LogP contribution in [0.5, 0.6) is 5.75 Å². The van der Waals surface area contributed by atoms with Gasteiger partial charge in [-0.3, -0.25) is 0 Å². The van der Waals surface area contributed by atoms with Crippen molar-refractivity contribution >= 4 is 53.9 Å². The molecular weight excluding hydrogens is 693 g/mol. The first kappa shape index (κ1) is 31.9. The molecule has 250 valence electrons. The second-order valence-electron chi connectivity index (χ2n) is 11.9. The van der Waals surface area contributed by atoms with Crippen molar-refractivity contribution in [1.29, 1.82) is 0 Å². The Kier molecular flexibility index (Phi) is 7.26. The van der Waals surface area contributed by atoms with Gasteiger partial charge in [0.15, 0.2) is 11.6 Å². The summed E-state index contributed by atoms with van der Waals surface area (Å²) in [4.78, 5) is -3.01. The van der Waals surface area contributed by atoms with Crippen molar-refractivity contribution in [1.82, 2.24) is 0 Å². The van der Waals surface area contributed by atoms with Gasteiger partial charge in [0, 0.05) is 11.1 Å². The Balaban J connectivity index is 1.42. The summed E-state index contributed by atoms with van der Waals surface area (Å²) in [7, 11) is -11.5. The van der Waals surface area contributed by atoms with Crippen molar-refractivity contribution in [2.75, 3.05) is 0 Å². The molecule has 0 aliphatic heterocycles. The number of hydrogen-bond acceptors (Lipinski definition) is 6. The van der Waals surface area contributed by atoms with Crippen molar-refractivity contribution in [2.45, 2.75) is 22.6 Å². The van der Waals surface area contributed by atoms with Crippen LogP contribution in [-0.4, -0.2) is 21.4 Å². The summed E-state index contributed by atoms with van der Waals surface area (Å²) >= 11 is 0. The molecule has 6 aromatic rings. The molecule has 0 saturated carbocycles. The molecule has 6 aromatic carbocycles. The minimum Gasteiger partial charge on any atom is -0.744 e. The Morgan fingerprint density at radius 1 is 0.600 bits per heavy atom. The van der Waals surface area contributed by atoms with Crippen molar-refractivity contribution in [3.8, 4) is 28.0 Å². The molecule has 0 saturated heterocycles. The maximum absolute atomic E-state index is 15.2. The summed E-state index contributed by atoms with van der Waals surface area (Å²) in [5, 5.41) is 3.52. The van der Waals surface area contributed by atoms with E-state index in [9.17, 15) is 30.2 Å². The van der Waals surface area contributed by atoms with E-state index in [0.717, 1.165) is 38.2 Å². The van der Waals surface area contributed by atoms with Crippen LogP contribution >= 0.6 is 0 Å². The standard InChI is InChI=1S/C38H22F4O6S2/c39-32-34(41)38(49(43,44)45)35(42)33(40)36(32)48-50(46,47)37-26(25-18-23-11-2-6-20-7-3-12-24(19-25)30(20)23)13-5-15-29(37)27-17-16-22-9-1-8-21-10-4-14-28(27)31(21)22/h1-6,8-9,11-19H,7,10H2,(H,43,44,45)/p-1. The van der Waals surface area contributed by atoms with Gasteiger partial charge in [0.05, 0.1) is 0 Å². The molecule has 0 unspecified atom stereocenters. The first-order valence-electron chi connectivity index (χ1n) is 15.2. The van der Waals surface area contributed by atoms with Crippen molar-refractivity contribution in [3.05, 3.63) is 137 Å². The zero-order chi connectivity index (χ0) is 35.1. The first-order chi connectivity index (χ1) is 23.8. The summed E-state index contributed by atoms with van der Waals surface area (Å²) in [6.45, 7) is 0. The summed E-state index contributed by atoms with van der Waals surface area (Å²) < 4.78 is 128. The highest BCUT2D eigenvalue weighted by molar-refractivity contribution is 7.87. The van der Waals surface area contributed by atoms with Gasteiger partial charge in [0.1, 0.15) is 19.9 Å². The minimum atomic E-state index is -6.05. The van der Waals surface area contributed by atoms with Gasteiger partial charge in [0.25, 0.3) is 0 Å². The van der Waals surface area contributed by atoms with E-state index < -0.39 is 59.0 Å². The van der Waals surface area contributed by atoms with Gasteiger partial charge < -0.3 is 8.74 Å². The van der Waals surface area contributed by atoms with Crippen LogP contribution in [0.1, 0.15) is 22.3 Å². The number of benzene rings is 6. The van der Waals surface area contributed by atoms with E-state index in [4.69, 9.17) is 4.18 Å². The lowest BCUT2D eigenvalue weighted by Crippen LogP contribution is -2.18. The van der Waals surface area contributed by atoms with Gasteiger partial charge in [0.2, 0.25) is 17.4 Å². The van der Waals surface area contributed by atoms with Crippen LogP contribution in [0.15, 0.2) is 101 Å². The molecule has 0 radical (unpaired) electrons. The summed E-state index contributed by atoms with van der Waals surface area (Å²) in [5.41, 5.74) is 4.41. The SMILES string of the molecule is O=S(=O)([O-])c1c(F)c(F)c(OS(=O)(=O)c2c(-c3cc4c5c(cccc5c3)CC=C4)cccc2-c2ccc3cccc4c3c2C=CC4)c(F)c1F. The number of rotatable bonds is 6. The predicted octanol–water partition coefficient (Wildman–Crippen LogP) is 8.69. The number of hydrogen-bond donors (Lipinski definition) is 0. The second-order valence-corrected chi connectivity index (χ2v) is 14.7. The lowest BCUT2D eigenvalue weighted by molar-refractivity contribution is 0.363. The largest absolute Gasteiger partial charge is 0.744 e. The maximum Gasteiger partial charge on any atom is 0.340 e. The van der Waals surface area contributed by atoms with Gasteiger partial charge >= 0.3 is 10.1 Å². The Labute approximate surface area is 283 Å². The normalized spacial score (nSPS) is 13.7. The lowest BCUT2D eigenvalue weighted by Gasteiger charge is -2.22. The molecule has 0 N–H and O–H groups in total. The Morgan fingerprint density at radius 2 is 1.22 bits per heavy atom. The molecule has 50 heavy (non-hydrogen) atoms. The van der Waals surface area contributed by atoms with E-state index in [1.807, 2.05) is 60.7 Å². The monoisotopic (exact) mass is 713 g/mol. The fraction of sp³-hybridized carbons (Fsp3) is 0.0526. The molecule has 0 heterocycles. The van der Waals surface area contributed by atoms with Gasteiger partial charge in [-0.15, -0.1) is 0 Å². The van der Waals surface area contributed by atoms with Crippen LogP contribution in [0.4, 0.5) is 17.6 Å². The summed E-state index contributed by atoms with van der Waals surface area (Å²) in [5.74, 6) is -12.3. The minimum absolute atomic E-state index is 0.0471. The van der Waals surface area contributed by atoms with Gasteiger partial charge in [-0.25, -0.2) is 17.2 Å². The molecule has 2 aliphatic rings. The highest BCUT2D eigenvalue weighted by atomic mass is 32.2. The third kappa shape index (κ3) is 4.93. The zero-order valence-electron chi connectivity index (χ0n) is 25.5. The number of halogens is 4. The lowest BCUT2D eigenvalue weighted by atomic mass is 9.86. The quantitative estimate of drug-likeness (QED) is 0.0741. The molecule has 0 aromatic heterocycles. The molecule has 0 spiro atoms. The Morgan fingerprint density at radius 3 is 1.92 bits per heavy atom. The molecule has 0 atom stereocenters. The maximum atomic E-state index is 15.2. The van der Waals surface area contributed by atoms with Crippen LogP contribution in [0.25, 0.3) is 56.0 Å². The second kappa shape index (κ2) is 11.4. The molecule has 0 amide bonds. The average molecular weight is 714 g/mol. The van der Waals surface area contributed by atoms with E-state index in [0.29, 0.717) is 29.5 Å². The fourth-order valence-electron chi connectivity index (χ4n) is 6.96. The van der Waals surface area contributed by atoms with Crippen LogP contribution in [0.3, 0.4) is 0 Å². The van der Waals surface area contributed by atoms with Crippen molar-refractivity contribution in [2.24, 2.45) is 0 Å². The van der Waals surface area contributed by atoms with E-state index in [2.05, 4.69) is 0 Å². The first-order valence-corrected chi connectivity index (χ1v) is 18.0. The van der Waals surface area contributed by atoms with E-state index >= 15 is 8.78 Å². The van der Waals surface area contributed by atoms with Crippen LogP contribution < -0.4 is 4.18 Å². The average Bonchev–Trinajstić information content (AvgIpc) is 3.09. The van der Waals surface area contributed by atoms with Crippen molar-refractivity contribution < 1.29 is 43.1 Å². The Bertz CT molecular complexity index is 2740. The van der Waals surface area contributed by atoms with Crippen molar-refractivity contribution in [3.63, 3.8) is 0 Å². The van der Waals surface area contributed by atoms with Crippen LogP contribution in [0, 0.1) is 23.3 Å². The third-order valence-corrected chi connectivity index (χ3v) is 11.2. The topological polar surface area (TPSA) is 101 Å². The zero-order valence-corrected chi connectivity index (χ0v) is 27.1. The Hall–Kier alpha value is -5.30. The van der Waals surface area contributed by atoms with E-state index in [-0.39, 0.29) is 11.1 Å². The summed E-state index contributed by atoms with van der Waals surface area (Å²) in [6.07, 6.45) is 8.94. The molecule has 12 heteroatoms. The smallest absolute Gasteiger partial charge is 0.340 e. The number of allylic oxidation sites excluding steroid dienone is 2. The molecule has 0 fully saturated rings. The predicted molar refractivity (Wildman–Crippen MR) is 180 cm³/mol. The highest BCUT2D eigenvalue weighted by Gasteiger charge is 2.35. The third-order valence-electron chi connectivity index (χ3n) is 9.02. The molecule has 2 aliphatic carbocycles. The van der Waals surface area contributed by atoms with Crippen LogP contribution in [0.2, 0.25) is 0 Å². The molecule has 0 bridgehead atoms. The highest BCUT2D eigenvalue weighted by Crippen LogP contribution is 2.44. The van der Waals surface area contributed by atoms with Gasteiger partial charge in [-0.2, -0.15) is 17.2 Å². The van der Waals surface area contributed by atoms with Gasteiger partial charge in [-0.05, 0) is 79.9 Å². The molecular formula is C38H21F4O6S2-. The van der Waals surface area contributed by atoms with Gasteiger partial charge in [-0.1, -0.05) is 91.0 Å². The fourth-order valence-corrected chi connectivity index (χ4v) is 8.93. The molecule has 8 rings (SSSR count). The van der Waals surface area contributed by atoms with E-state index in [1.54, 1.807) is 30.3 Å². The summed E-state index contributed by atoms with van der Waals surface area (Å²) in [6, 6.07) is 23.0.